The molecular formula is C24H32Cl2FN3O5. The van der Waals surface area contributed by atoms with Crippen molar-refractivity contribution in [2.75, 3.05) is 51.3 Å². The van der Waals surface area contributed by atoms with Crippen LogP contribution < -0.4 is 15.0 Å². The molecule has 4 atom stereocenters. The molecule has 0 unspecified atom stereocenters. The summed E-state index contributed by atoms with van der Waals surface area (Å²) in [5.74, 6) is 0.153. The highest BCUT2D eigenvalue weighted by Crippen LogP contribution is 2.28. The normalized spacial score (nSPS) is 24.3. The van der Waals surface area contributed by atoms with Crippen LogP contribution in [0.15, 0.2) is 48.5 Å². The predicted octanol–water partition coefficient (Wildman–Crippen LogP) is 1.72. The fourth-order valence-corrected chi connectivity index (χ4v) is 4.56. The van der Waals surface area contributed by atoms with Crippen molar-refractivity contribution in [2.24, 2.45) is 0 Å². The Hall–Kier alpha value is -2.14. The lowest BCUT2D eigenvalue weighted by molar-refractivity contribution is -0.0209. The van der Waals surface area contributed by atoms with E-state index in [4.69, 9.17) is 9.47 Å². The van der Waals surface area contributed by atoms with E-state index in [1.165, 1.54) is 12.1 Å². The first-order valence-corrected chi connectivity index (χ1v) is 11.1. The summed E-state index contributed by atoms with van der Waals surface area (Å²) in [5.41, 5.74) is 1.45. The number of hydrogen-bond acceptors (Lipinski definition) is 7. The number of carbonyl (C=O) groups is 1. The van der Waals surface area contributed by atoms with Crippen molar-refractivity contribution in [2.45, 2.75) is 24.4 Å². The van der Waals surface area contributed by atoms with E-state index >= 15 is 0 Å². The van der Waals surface area contributed by atoms with Crippen LogP contribution in [-0.4, -0.2) is 91.8 Å². The number of anilines is 1. The number of aliphatic hydroxyl groups excluding tert-OH is 2. The zero-order valence-corrected chi connectivity index (χ0v) is 21.0. The van der Waals surface area contributed by atoms with Gasteiger partial charge in [-0.3, -0.25) is 9.69 Å². The van der Waals surface area contributed by atoms with Gasteiger partial charge in [0.1, 0.15) is 23.8 Å². The van der Waals surface area contributed by atoms with E-state index in [2.05, 4.69) is 15.1 Å². The number of nitrogens with zero attached hydrogens (tertiary/aromatic N) is 2. The van der Waals surface area contributed by atoms with Gasteiger partial charge in [-0.05, 0) is 48.5 Å². The SMILES string of the molecule is COc1ccc(C(=O)NC[C@H]2O[C@@H](CO)[C@@H](O)[C@H]2N2CCN(c3ccc(F)cc3)CC2)cc1.Cl.Cl. The van der Waals surface area contributed by atoms with E-state index in [1.807, 2.05) is 0 Å². The van der Waals surface area contributed by atoms with Crippen LogP contribution in [0.4, 0.5) is 10.1 Å². The minimum Gasteiger partial charge on any atom is -0.497 e. The summed E-state index contributed by atoms with van der Waals surface area (Å²) in [5, 5.41) is 23.3. The van der Waals surface area contributed by atoms with E-state index in [-0.39, 0.29) is 55.7 Å². The second-order valence-corrected chi connectivity index (χ2v) is 8.31. The maximum absolute atomic E-state index is 13.2. The van der Waals surface area contributed by atoms with Gasteiger partial charge in [0.2, 0.25) is 0 Å². The van der Waals surface area contributed by atoms with Gasteiger partial charge in [0.15, 0.2) is 0 Å². The molecule has 2 aliphatic rings. The standard InChI is InChI=1S/C24H30FN3O5.2ClH/c1-32-19-8-2-16(3-9-19)24(31)26-14-20-22(23(30)21(15-29)33-20)28-12-10-27(11-13-28)18-6-4-17(25)5-7-18;;/h2-9,20-23,29-30H,10-15H2,1H3,(H,26,31);2*1H/t20-,21+,22+,23-;;/m1../s1. The quantitative estimate of drug-likeness (QED) is 0.500. The van der Waals surface area contributed by atoms with E-state index in [9.17, 15) is 19.4 Å². The Morgan fingerprint density at radius 1 is 1.06 bits per heavy atom. The second kappa shape index (κ2) is 13.2. The van der Waals surface area contributed by atoms with Crippen LogP contribution in [0.5, 0.6) is 5.75 Å². The molecule has 3 N–H and O–H groups in total. The molecule has 4 rings (SSSR count). The molecule has 2 heterocycles. The molecular weight excluding hydrogens is 500 g/mol. The van der Waals surface area contributed by atoms with Crippen LogP contribution in [-0.2, 0) is 4.74 Å². The number of amides is 1. The van der Waals surface area contributed by atoms with Crippen molar-refractivity contribution < 1.29 is 28.9 Å². The zero-order chi connectivity index (χ0) is 23.4. The Bertz CT molecular complexity index is 930. The monoisotopic (exact) mass is 531 g/mol. The summed E-state index contributed by atoms with van der Waals surface area (Å²) >= 11 is 0. The van der Waals surface area contributed by atoms with Crippen LogP contribution in [0, 0.1) is 5.82 Å². The van der Waals surface area contributed by atoms with Gasteiger partial charge in [0, 0.05) is 44.0 Å². The molecule has 1 amide bonds. The van der Waals surface area contributed by atoms with Crippen molar-refractivity contribution >= 4 is 36.4 Å². The predicted molar refractivity (Wildman–Crippen MR) is 136 cm³/mol. The third kappa shape index (κ3) is 6.75. The molecule has 2 saturated heterocycles. The first kappa shape index (κ1) is 29.1. The van der Waals surface area contributed by atoms with E-state index in [0.717, 1.165) is 5.69 Å². The van der Waals surface area contributed by atoms with E-state index in [1.54, 1.807) is 43.5 Å². The molecule has 0 bridgehead atoms. The van der Waals surface area contributed by atoms with Crippen molar-refractivity contribution in [1.29, 1.82) is 0 Å². The number of aliphatic hydroxyl groups is 2. The third-order valence-corrected chi connectivity index (χ3v) is 6.38. The smallest absolute Gasteiger partial charge is 0.251 e. The van der Waals surface area contributed by atoms with Gasteiger partial charge in [-0.1, -0.05) is 0 Å². The number of methoxy groups -OCH3 is 1. The van der Waals surface area contributed by atoms with Gasteiger partial charge in [-0.15, -0.1) is 24.8 Å². The molecule has 0 aliphatic carbocycles. The van der Waals surface area contributed by atoms with Gasteiger partial charge in [0.25, 0.3) is 5.91 Å². The van der Waals surface area contributed by atoms with E-state index < -0.39 is 18.3 Å². The molecule has 2 fully saturated rings. The van der Waals surface area contributed by atoms with Gasteiger partial charge in [-0.25, -0.2) is 4.39 Å². The minimum absolute atomic E-state index is 0. The minimum atomic E-state index is -0.866. The molecule has 0 saturated carbocycles. The summed E-state index contributed by atoms with van der Waals surface area (Å²) in [6.07, 6.45) is -2.03. The summed E-state index contributed by atoms with van der Waals surface area (Å²) in [6.45, 7) is 2.68. The number of hydrogen-bond donors (Lipinski definition) is 3. The lowest BCUT2D eigenvalue weighted by Gasteiger charge is -2.41. The number of halogens is 3. The Morgan fingerprint density at radius 3 is 2.26 bits per heavy atom. The summed E-state index contributed by atoms with van der Waals surface area (Å²) in [7, 11) is 1.56. The average molecular weight is 532 g/mol. The van der Waals surface area contributed by atoms with Crippen molar-refractivity contribution in [3.05, 3.63) is 59.9 Å². The van der Waals surface area contributed by atoms with Crippen LogP contribution in [0.25, 0.3) is 0 Å². The highest BCUT2D eigenvalue weighted by atomic mass is 35.5. The number of carbonyl (C=O) groups excluding carboxylic acids is 1. The molecule has 2 aromatic rings. The first-order chi connectivity index (χ1) is 16.0. The van der Waals surface area contributed by atoms with Crippen molar-refractivity contribution in [3.8, 4) is 5.75 Å². The summed E-state index contributed by atoms with van der Waals surface area (Å²) < 4.78 is 24.2. The van der Waals surface area contributed by atoms with Gasteiger partial charge in [0.05, 0.1) is 25.9 Å². The fraction of sp³-hybridized carbons (Fsp3) is 0.458. The van der Waals surface area contributed by atoms with Gasteiger partial charge < -0.3 is 29.9 Å². The van der Waals surface area contributed by atoms with Crippen LogP contribution in [0.2, 0.25) is 0 Å². The van der Waals surface area contributed by atoms with Gasteiger partial charge >= 0.3 is 0 Å². The number of nitrogens with one attached hydrogen (secondary N) is 1. The number of benzene rings is 2. The lowest BCUT2D eigenvalue weighted by Crippen LogP contribution is -2.57. The number of ether oxygens (including phenoxy) is 2. The van der Waals surface area contributed by atoms with Crippen molar-refractivity contribution in [1.82, 2.24) is 10.2 Å². The van der Waals surface area contributed by atoms with Crippen LogP contribution in [0.3, 0.4) is 0 Å². The Labute approximate surface area is 216 Å². The maximum Gasteiger partial charge on any atom is 0.251 e. The highest BCUT2D eigenvalue weighted by Gasteiger charge is 2.46. The molecule has 0 radical (unpaired) electrons. The second-order valence-electron chi connectivity index (χ2n) is 8.31. The molecule has 194 valence electrons. The molecule has 11 heteroatoms. The van der Waals surface area contributed by atoms with Gasteiger partial charge in [-0.2, -0.15) is 0 Å². The highest BCUT2D eigenvalue weighted by molar-refractivity contribution is 5.94. The Kier molecular flexibility index (Phi) is 11.0. The maximum atomic E-state index is 13.2. The third-order valence-electron chi connectivity index (χ3n) is 6.38. The molecule has 0 spiro atoms. The number of piperazine rings is 1. The molecule has 2 aromatic carbocycles. The van der Waals surface area contributed by atoms with Crippen LogP contribution in [0.1, 0.15) is 10.4 Å². The summed E-state index contributed by atoms with van der Waals surface area (Å²) in [4.78, 5) is 16.9. The molecule has 0 aromatic heterocycles. The van der Waals surface area contributed by atoms with Crippen molar-refractivity contribution in [3.63, 3.8) is 0 Å². The Balaban J connectivity index is 0.00000216. The molecule has 2 aliphatic heterocycles. The zero-order valence-electron chi connectivity index (χ0n) is 19.4. The molecule has 8 nitrogen and oxygen atoms in total. The molecule has 35 heavy (non-hydrogen) atoms. The lowest BCUT2D eigenvalue weighted by atomic mass is 10.0. The number of rotatable bonds is 7. The largest absolute Gasteiger partial charge is 0.497 e. The first-order valence-electron chi connectivity index (χ1n) is 11.1. The topological polar surface area (TPSA) is 94.5 Å². The van der Waals surface area contributed by atoms with Crippen LogP contribution >= 0.6 is 24.8 Å². The fourth-order valence-electron chi connectivity index (χ4n) is 4.56. The van der Waals surface area contributed by atoms with E-state index in [0.29, 0.717) is 37.5 Å². The Morgan fingerprint density at radius 2 is 1.69 bits per heavy atom. The average Bonchev–Trinajstić information content (AvgIpc) is 3.18. The summed E-state index contributed by atoms with van der Waals surface area (Å²) in [6, 6.07) is 12.9.